The van der Waals surface area contributed by atoms with E-state index >= 15 is 0 Å². The first-order valence-electron chi connectivity index (χ1n) is 9.01. The Kier molecular flexibility index (Phi) is 7.94. The average Bonchev–Trinajstić information content (AvgIpc) is 2.90. The Morgan fingerprint density at radius 2 is 0.500 bits per heavy atom. The van der Waals surface area contributed by atoms with E-state index in [9.17, 15) is 65.9 Å². The lowest BCUT2D eigenvalue weighted by molar-refractivity contribution is 0.376. The molecule has 0 aliphatic rings. The van der Waals surface area contributed by atoms with Gasteiger partial charge in [-0.1, -0.05) is 23.2 Å². The second kappa shape index (κ2) is 10.5. The minimum Gasteiger partial charge on any atom is -0.203 e. The second-order valence-corrected chi connectivity index (χ2v) is 8.18. The molecule has 0 saturated heterocycles. The molecule has 0 spiro atoms. The van der Waals surface area contributed by atoms with Crippen LogP contribution in [-0.4, -0.2) is 0 Å². The fraction of sp³-hybridized carbons (Fsp3) is 0. The van der Waals surface area contributed by atoms with Crippen molar-refractivity contribution < 1.29 is 65.9 Å². The van der Waals surface area contributed by atoms with Gasteiger partial charge in [-0.25, -0.2) is 65.9 Å². The normalized spacial score (nSPS) is 10.8. The zero-order valence-electron chi connectivity index (χ0n) is 17.1. The van der Waals surface area contributed by atoms with Crippen LogP contribution >= 0.6 is 7.92 Å². The summed E-state index contributed by atoms with van der Waals surface area (Å²) in [4.78, 5) is 0. The molecule has 0 aliphatic carbocycles. The topological polar surface area (TPSA) is 0 Å². The van der Waals surface area contributed by atoms with Crippen molar-refractivity contribution in [2.75, 3.05) is 0 Å². The maximum Gasteiger partial charge on any atom is 0.200 e. The molecule has 0 atom stereocenters. The van der Waals surface area contributed by atoms with Crippen molar-refractivity contribution in [2.45, 2.75) is 0 Å². The lowest BCUT2D eigenvalue weighted by atomic mass is 10.2. The molecule has 0 saturated carbocycles. The highest BCUT2D eigenvalue weighted by Crippen LogP contribution is 2.37. The van der Waals surface area contributed by atoms with Crippen LogP contribution in [0.5, 0.6) is 0 Å². The molecular formula is C22F15P. The first-order valence-corrected chi connectivity index (χ1v) is 10.3. The molecule has 0 fully saturated rings. The zero-order valence-corrected chi connectivity index (χ0v) is 18.0. The lowest BCUT2D eigenvalue weighted by Crippen LogP contribution is -2.18. The highest BCUT2D eigenvalue weighted by molar-refractivity contribution is 7.75. The largest absolute Gasteiger partial charge is 0.203 e. The van der Waals surface area contributed by atoms with Gasteiger partial charge in [-0.05, 0) is 0 Å². The number of hydrogen-bond donors (Lipinski definition) is 0. The van der Waals surface area contributed by atoms with Gasteiger partial charge in [-0.2, -0.15) is 0 Å². The third-order valence-corrected chi connectivity index (χ3v) is 5.93. The van der Waals surface area contributed by atoms with E-state index in [1.54, 1.807) is 0 Å². The Hall–Kier alpha value is -3.84. The number of halogens is 15. The predicted molar refractivity (Wildman–Crippen MR) is 99.0 cm³/mol. The molecule has 0 N–H and O–H groups in total. The molecule has 0 aromatic heterocycles. The first kappa shape index (κ1) is 28.7. The molecule has 3 aromatic carbocycles. The van der Waals surface area contributed by atoms with Crippen molar-refractivity contribution in [3.8, 4) is 23.2 Å². The fourth-order valence-corrected chi connectivity index (χ4v) is 3.90. The first-order chi connectivity index (χ1) is 17.6. The molecule has 3 rings (SSSR count). The van der Waals surface area contributed by atoms with Crippen LogP contribution in [0.15, 0.2) is 0 Å². The van der Waals surface area contributed by atoms with E-state index in [0.717, 1.165) is 0 Å². The quantitative estimate of drug-likeness (QED) is 0.0967. The van der Waals surface area contributed by atoms with Crippen LogP contribution in [0.3, 0.4) is 0 Å². The summed E-state index contributed by atoms with van der Waals surface area (Å²) < 4.78 is 205. The van der Waals surface area contributed by atoms with E-state index in [1.807, 2.05) is 0 Å². The Morgan fingerprint density at radius 3 is 0.763 bits per heavy atom. The van der Waals surface area contributed by atoms with E-state index in [-0.39, 0.29) is 0 Å². The molecule has 3 aromatic rings. The van der Waals surface area contributed by atoms with Gasteiger partial charge < -0.3 is 0 Å². The van der Waals surface area contributed by atoms with Crippen LogP contribution in [0.25, 0.3) is 0 Å². The van der Waals surface area contributed by atoms with E-state index in [1.165, 1.54) is 23.2 Å². The van der Waals surface area contributed by atoms with E-state index in [4.69, 9.17) is 0 Å². The minimum atomic E-state index is -3.76. The Balaban J connectivity index is 2.38. The van der Waals surface area contributed by atoms with Crippen LogP contribution in [0, 0.1) is 110 Å². The molecule has 0 unspecified atom stereocenters. The van der Waals surface area contributed by atoms with Gasteiger partial charge in [0.15, 0.2) is 69.8 Å². The molecule has 0 nitrogen and oxygen atoms in total. The molecule has 38 heavy (non-hydrogen) atoms. The standard InChI is InChI=1S/C22F15P/c23-7-5(8(24)12(28)15(31)11(7)27)1-3-38(22-20(36)18(34)17(33)19(35)21(22)37)4-2-6-9(25)13(29)16(32)14(30)10(6)26. The third kappa shape index (κ3) is 4.63. The lowest BCUT2D eigenvalue weighted by Gasteiger charge is -2.10. The highest BCUT2D eigenvalue weighted by Gasteiger charge is 2.31. The van der Waals surface area contributed by atoms with Gasteiger partial charge >= 0.3 is 0 Å². The van der Waals surface area contributed by atoms with Crippen molar-refractivity contribution >= 4 is 13.2 Å². The summed E-state index contributed by atoms with van der Waals surface area (Å²) in [5.41, 5.74) is -1.20. The van der Waals surface area contributed by atoms with Crippen molar-refractivity contribution in [1.82, 2.24) is 0 Å². The molecule has 0 amide bonds. The molecular weight excluding hydrogens is 580 g/mol. The predicted octanol–water partition coefficient (Wildman–Crippen LogP) is 6.90. The van der Waals surface area contributed by atoms with Crippen molar-refractivity contribution in [3.63, 3.8) is 0 Å². The van der Waals surface area contributed by atoms with Gasteiger partial charge in [0.25, 0.3) is 0 Å². The molecule has 0 heterocycles. The van der Waals surface area contributed by atoms with Gasteiger partial charge in [0, 0.05) is 0 Å². The van der Waals surface area contributed by atoms with Crippen LogP contribution in [0.2, 0.25) is 0 Å². The average molecular weight is 580 g/mol. The summed E-state index contributed by atoms with van der Waals surface area (Å²) in [6.07, 6.45) is 0. The minimum absolute atomic E-state index is 1.21. The van der Waals surface area contributed by atoms with E-state index in [0.29, 0.717) is 0 Å². The van der Waals surface area contributed by atoms with Crippen molar-refractivity contribution in [3.05, 3.63) is 98.4 Å². The Labute approximate surface area is 201 Å². The van der Waals surface area contributed by atoms with E-state index < -0.39 is 112 Å². The fourth-order valence-electron chi connectivity index (χ4n) is 2.58. The van der Waals surface area contributed by atoms with Gasteiger partial charge in [0.05, 0.1) is 13.2 Å². The Morgan fingerprint density at radius 1 is 0.289 bits per heavy atom. The van der Waals surface area contributed by atoms with Gasteiger partial charge in [0.2, 0.25) is 17.5 Å². The highest BCUT2D eigenvalue weighted by atomic mass is 31.1. The summed E-state index contributed by atoms with van der Waals surface area (Å²) in [6.45, 7) is 0. The van der Waals surface area contributed by atoms with Crippen LogP contribution in [-0.2, 0) is 0 Å². The SMILES string of the molecule is Fc1c(F)c(F)c(C#CP(C#Cc2c(F)c(F)c(F)c(F)c2F)c2c(F)c(F)c(F)c(F)c2F)c(F)c1F. The summed E-state index contributed by atoms with van der Waals surface area (Å²) in [5.74, 6) is -36.9. The maximum absolute atomic E-state index is 14.3. The molecule has 198 valence electrons. The molecule has 16 heteroatoms. The molecule has 0 radical (unpaired) electrons. The van der Waals surface area contributed by atoms with Crippen LogP contribution < -0.4 is 5.30 Å². The summed E-state index contributed by atoms with van der Waals surface area (Å²) in [6, 6.07) is 0. The maximum atomic E-state index is 14.3. The molecule has 0 bridgehead atoms. The summed E-state index contributed by atoms with van der Waals surface area (Å²) in [5, 5.41) is -2.00. The van der Waals surface area contributed by atoms with Crippen molar-refractivity contribution in [1.29, 1.82) is 0 Å². The Bertz CT molecular complexity index is 1460. The smallest absolute Gasteiger partial charge is 0.200 e. The number of benzene rings is 3. The monoisotopic (exact) mass is 580 g/mol. The van der Waals surface area contributed by atoms with Crippen LogP contribution in [0.1, 0.15) is 11.1 Å². The molecule has 0 aliphatic heterocycles. The zero-order chi connectivity index (χ0) is 28.8. The van der Waals surface area contributed by atoms with Gasteiger partial charge in [-0.15, -0.1) is 0 Å². The second-order valence-electron chi connectivity index (χ2n) is 6.62. The summed E-state index contributed by atoms with van der Waals surface area (Å²) in [7, 11) is -3.76. The van der Waals surface area contributed by atoms with E-state index in [2.05, 4.69) is 0 Å². The van der Waals surface area contributed by atoms with Crippen molar-refractivity contribution in [2.24, 2.45) is 0 Å². The summed E-state index contributed by atoms with van der Waals surface area (Å²) >= 11 is 0. The number of hydrogen-bond acceptors (Lipinski definition) is 0. The number of rotatable bonds is 1. The van der Waals surface area contributed by atoms with Crippen LogP contribution in [0.4, 0.5) is 65.9 Å². The van der Waals surface area contributed by atoms with Gasteiger partial charge in [-0.3, -0.25) is 0 Å². The van der Waals surface area contributed by atoms with Gasteiger partial charge in [0.1, 0.15) is 11.1 Å². The third-order valence-electron chi connectivity index (χ3n) is 4.42.